The van der Waals surface area contributed by atoms with E-state index in [1.54, 1.807) is 0 Å². The highest BCUT2D eigenvalue weighted by Gasteiger charge is 2.27. The molecule has 1 aliphatic carbocycles. The Bertz CT molecular complexity index is 214. The van der Waals surface area contributed by atoms with Gasteiger partial charge in [-0.1, -0.05) is 47.5 Å². The highest BCUT2D eigenvalue weighted by Crippen LogP contribution is 2.30. The molecule has 0 aromatic rings. The lowest BCUT2D eigenvalue weighted by Gasteiger charge is -2.37. The molecular formula is C16H33N. The molecule has 0 radical (unpaired) electrons. The average Bonchev–Trinajstić information content (AvgIpc) is 2.15. The highest BCUT2D eigenvalue weighted by atomic mass is 15.0. The lowest BCUT2D eigenvalue weighted by molar-refractivity contribution is 0.200. The van der Waals surface area contributed by atoms with Crippen LogP contribution in [-0.4, -0.2) is 12.1 Å². The second kappa shape index (κ2) is 6.22. The minimum absolute atomic E-state index is 0.380. The molecule has 0 amide bonds. The Labute approximate surface area is 109 Å². The molecule has 0 aliphatic heterocycles. The Kier molecular flexibility index (Phi) is 5.50. The van der Waals surface area contributed by atoms with Crippen molar-refractivity contribution in [2.75, 3.05) is 0 Å². The molecule has 0 aromatic carbocycles. The summed E-state index contributed by atoms with van der Waals surface area (Å²) in [5, 5.41) is 3.86. The van der Waals surface area contributed by atoms with Crippen molar-refractivity contribution in [2.24, 2.45) is 17.3 Å². The molecule has 0 bridgehead atoms. The van der Waals surface area contributed by atoms with Crippen LogP contribution < -0.4 is 5.32 Å². The van der Waals surface area contributed by atoms with Gasteiger partial charge in [0.25, 0.3) is 0 Å². The number of hydrogen-bond donors (Lipinski definition) is 1. The SMILES string of the molecule is CC(C)CC1CCCC(NC(C)C(C)(C)C)C1. The zero-order valence-corrected chi connectivity index (χ0v) is 12.8. The highest BCUT2D eigenvalue weighted by molar-refractivity contribution is 4.84. The molecule has 1 fully saturated rings. The van der Waals surface area contributed by atoms with Crippen LogP contribution in [0.5, 0.6) is 0 Å². The van der Waals surface area contributed by atoms with Crippen molar-refractivity contribution in [3.05, 3.63) is 0 Å². The Balaban J connectivity index is 2.39. The van der Waals surface area contributed by atoms with E-state index in [0.717, 1.165) is 17.9 Å². The van der Waals surface area contributed by atoms with Crippen molar-refractivity contribution >= 4 is 0 Å². The summed E-state index contributed by atoms with van der Waals surface area (Å²) in [6.45, 7) is 14.0. The Morgan fingerprint density at radius 3 is 2.29 bits per heavy atom. The van der Waals surface area contributed by atoms with Gasteiger partial charge in [-0.05, 0) is 43.4 Å². The first-order valence-electron chi connectivity index (χ1n) is 7.55. The summed E-state index contributed by atoms with van der Waals surface area (Å²) in [4.78, 5) is 0. The number of nitrogens with one attached hydrogen (secondary N) is 1. The first-order valence-corrected chi connectivity index (χ1v) is 7.55. The fourth-order valence-electron chi connectivity index (χ4n) is 2.93. The van der Waals surface area contributed by atoms with Crippen LogP contribution in [0, 0.1) is 17.3 Å². The van der Waals surface area contributed by atoms with Crippen molar-refractivity contribution in [2.45, 2.75) is 85.7 Å². The topological polar surface area (TPSA) is 12.0 Å². The maximum absolute atomic E-state index is 3.86. The van der Waals surface area contributed by atoms with Gasteiger partial charge in [0.1, 0.15) is 0 Å². The van der Waals surface area contributed by atoms with E-state index in [1.807, 2.05) is 0 Å². The average molecular weight is 239 g/mol. The van der Waals surface area contributed by atoms with Gasteiger partial charge in [0, 0.05) is 12.1 Å². The van der Waals surface area contributed by atoms with E-state index in [2.05, 4.69) is 46.9 Å². The lowest BCUT2D eigenvalue weighted by Crippen LogP contribution is -2.45. The van der Waals surface area contributed by atoms with Crippen LogP contribution >= 0.6 is 0 Å². The third kappa shape index (κ3) is 5.42. The summed E-state index contributed by atoms with van der Waals surface area (Å²) < 4.78 is 0. The molecule has 3 atom stereocenters. The largest absolute Gasteiger partial charge is 0.311 e. The summed E-state index contributed by atoms with van der Waals surface area (Å²) in [6, 6.07) is 1.38. The molecule has 1 heteroatoms. The van der Waals surface area contributed by atoms with Gasteiger partial charge in [0.05, 0.1) is 0 Å². The summed E-state index contributed by atoms with van der Waals surface area (Å²) >= 11 is 0. The van der Waals surface area contributed by atoms with E-state index in [4.69, 9.17) is 0 Å². The van der Waals surface area contributed by atoms with Crippen LogP contribution in [0.2, 0.25) is 0 Å². The molecule has 102 valence electrons. The van der Waals surface area contributed by atoms with Crippen LogP contribution in [0.25, 0.3) is 0 Å². The quantitative estimate of drug-likeness (QED) is 0.755. The van der Waals surface area contributed by atoms with Crippen LogP contribution in [0.4, 0.5) is 0 Å². The van der Waals surface area contributed by atoms with Gasteiger partial charge < -0.3 is 5.32 Å². The summed E-state index contributed by atoms with van der Waals surface area (Å²) in [7, 11) is 0. The molecule has 0 heterocycles. The molecule has 1 saturated carbocycles. The monoisotopic (exact) mass is 239 g/mol. The van der Waals surface area contributed by atoms with Crippen LogP contribution in [0.1, 0.15) is 73.6 Å². The standard InChI is InChI=1S/C16H33N/c1-12(2)10-14-8-7-9-15(11-14)17-13(3)16(4,5)6/h12-15,17H,7-11H2,1-6H3. The summed E-state index contributed by atoms with van der Waals surface area (Å²) in [6.07, 6.45) is 7.09. The van der Waals surface area contributed by atoms with Crippen LogP contribution in [-0.2, 0) is 0 Å². The van der Waals surface area contributed by atoms with Gasteiger partial charge in [0.15, 0.2) is 0 Å². The molecule has 1 nitrogen and oxygen atoms in total. The van der Waals surface area contributed by atoms with Crippen LogP contribution in [0.3, 0.4) is 0 Å². The van der Waals surface area contributed by atoms with E-state index < -0.39 is 0 Å². The molecular weight excluding hydrogens is 206 g/mol. The van der Waals surface area contributed by atoms with Crippen molar-refractivity contribution in [1.29, 1.82) is 0 Å². The fourth-order valence-corrected chi connectivity index (χ4v) is 2.93. The maximum atomic E-state index is 3.86. The van der Waals surface area contributed by atoms with Crippen molar-refractivity contribution in [3.63, 3.8) is 0 Å². The van der Waals surface area contributed by atoms with Gasteiger partial charge in [-0.3, -0.25) is 0 Å². The number of hydrogen-bond acceptors (Lipinski definition) is 1. The van der Waals surface area contributed by atoms with Gasteiger partial charge in [-0.15, -0.1) is 0 Å². The van der Waals surface area contributed by atoms with E-state index in [0.29, 0.717) is 11.5 Å². The predicted octanol–water partition coefficient (Wildman–Crippen LogP) is 4.62. The van der Waals surface area contributed by atoms with E-state index in [9.17, 15) is 0 Å². The van der Waals surface area contributed by atoms with Gasteiger partial charge in [-0.2, -0.15) is 0 Å². The molecule has 3 unspecified atom stereocenters. The molecule has 1 N–H and O–H groups in total. The second-order valence-electron chi connectivity index (χ2n) is 7.61. The van der Waals surface area contributed by atoms with Gasteiger partial charge >= 0.3 is 0 Å². The molecule has 0 saturated heterocycles. The molecule has 1 aliphatic rings. The zero-order valence-electron chi connectivity index (χ0n) is 12.8. The first-order chi connectivity index (χ1) is 7.79. The first kappa shape index (κ1) is 15.0. The van der Waals surface area contributed by atoms with Gasteiger partial charge in [0.2, 0.25) is 0 Å². The third-order valence-corrected chi connectivity index (χ3v) is 4.37. The second-order valence-corrected chi connectivity index (χ2v) is 7.61. The van der Waals surface area contributed by atoms with E-state index >= 15 is 0 Å². The minimum Gasteiger partial charge on any atom is -0.311 e. The minimum atomic E-state index is 0.380. The maximum Gasteiger partial charge on any atom is 0.00898 e. The van der Waals surface area contributed by atoms with Crippen LogP contribution in [0.15, 0.2) is 0 Å². The molecule has 17 heavy (non-hydrogen) atoms. The number of rotatable bonds is 4. The molecule has 0 aromatic heterocycles. The molecule has 0 spiro atoms. The summed E-state index contributed by atoms with van der Waals surface area (Å²) in [5.74, 6) is 1.83. The predicted molar refractivity (Wildman–Crippen MR) is 77.3 cm³/mol. The van der Waals surface area contributed by atoms with Gasteiger partial charge in [-0.25, -0.2) is 0 Å². The smallest absolute Gasteiger partial charge is 0.00898 e. The third-order valence-electron chi connectivity index (χ3n) is 4.37. The van der Waals surface area contributed by atoms with E-state index in [1.165, 1.54) is 32.1 Å². The Morgan fingerprint density at radius 1 is 1.12 bits per heavy atom. The zero-order chi connectivity index (χ0) is 13.1. The fraction of sp³-hybridized carbons (Fsp3) is 1.00. The molecule has 1 rings (SSSR count). The summed E-state index contributed by atoms with van der Waals surface area (Å²) in [5.41, 5.74) is 0.380. The van der Waals surface area contributed by atoms with Crippen molar-refractivity contribution in [1.82, 2.24) is 5.32 Å². The normalized spacial score (nSPS) is 28.4. The van der Waals surface area contributed by atoms with Crippen molar-refractivity contribution < 1.29 is 0 Å². The van der Waals surface area contributed by atoms with E-state index in [-0.39, 0.29) is 0 Å². The Hall–Kier alpha value is -0.0400. The lowest BCUT2D eigenvalue weighted by atomic mass is 9.79. The van der Waals surface area contributed by atoms with Crippen molar-refractivity contribution in [3.8, 4) is 0 Å². The Morgan fingerprint density at radius 2 is 1.76 bits per heavy atom.